The van der Waals surface area contributed by atoms with Crippen molar-refractivity contribution in [1.82, 2.24) is 0 Å². The molecule has 0 amide bonds. The van der Waals surface area contributed by atoms with Crippen LogP contribution in [0.3, 0.4) is 0 Å². The molecule has 0 spiro atoms. The summed E-state index contributed by atoms with van der Waals surface area (Å²) in [6.07, 6.45) is 17.1. The van der Waals surface area contributed by atoms with Crippen molar-refractivity contribution in [3.05, 3.63) is 119 Å². The number of carbonyl (C=O) groups excluding carboxylic acids is 2. The van der Waals surface area contributed by atoms with Gasteiger partial charge in [0.15, 0.2) is 0 Å². The Morgan fingerprint density at radius 3 is 1.17 bits per heavy atom. The Hall–Kier alpha value is -5.24. The molecule has 8 nitrogen and oxygen atoms in total. The van der Waals surface area contributed by atoms with E-state index in [2.05, 4.69) is 23.8 Å². The summed E-state index contributed by atoms with van der Waals surface area (Å²) >= 11 is 0. The summed E-state index contributed by atoms with van der Waals surface area (Å²) < 4.78 is 22.6. The Morgan fingerprint density at radius 2 is 0.796 bits per heavy atom. The number of ether oxygens (including phenoxy) is 4. The zero-order valence-electron chi connectivity index (χ0n) is 32.0. The Balaban J connectivity index is 1.04. The third-order valence-corrected chi connectivity index (χ3v) is 8.70. The van der Waals surface area contributed by atoms with E-state index < -0.39 is 11.9 Å². The number of hydrogen-bond acceptors (Lipinski definition) is 8. The Bertz CT molecular complexity index is 1570. The summed E-state index contributed by atoms with van der Waals surface area (Å²) in [4.78, 5) is 34.2. The molecule has 0 aliphatic carbocycles. The maximum absolute atomic E-state index is 12.6. The van der Waals surface area contributed by atoms with Gasteiger partial charge in [0, 0.05) is 25.5 Å². The van der Waals surface area contributed by atoms with Crippen LogP contribution in [0.25, 0.3) is 0 Å². The van der Waals surface area contributed by atoms with Crippen molar-refractivity contribution in [3.63, 3.8) is 0 Å². The van der Waals surface area contributed by atoms with E-state index in [1.165, 1.54) is 38.5 Å². The highest BCUT2D eigenvalue weighted by Crippen LogP contribution is 2.19. The normalized spacial score (nSPS) is 11.2. The summed E-state index contributed by atoms with van der Waals surface area (Å²) in [5.41, 5.74) is 2.88. The predicted molar refractivity (Wildman–Crippen MR) is 218 cm³/mol. The molecule has 0 fully saturated rings. The fourth-order valence-electron chi connectivity index (χ4n) is 5.49. The first-order valence-electron chi connectivity index (χ1n) is 19.6. The summed E-state index contributed by atoms with van der Waals surface area (Å²) in [6, 6.07) is 28.9. The van der Waals surface area contributed by atoms with Crippen molar-refractivity contribution in [2.45, 2.75) is 90.9 Å². The van der Waals surface area contributed by atoms with E-state index in [1.807, 2.05) is 61.0 Å². The van der Waals surface area contributed by atoms with Gasteiger partial charge in [-0.25, -0.2) is 9.59 Å². The first-order valence-corrected chi connectivity index (χ1v) is 19.6. The van der Waals surface area contributed by atoms with Gasteiger partial charge in [-0.05, 0) is 134 Å². The molecule has 4 aromatic rings. The van der Waals surface area contributed by atoms with Crippen LogP contribution < -0.4 is 18.9 Å². The lowest BCUT2D eigenvalue weighted by Gasteiger charge is -2.08. The Labute approximate surface area is 321 Å². The highest BCUT2D eigenvalue weighted by molar-refractivity contribution is 5.92. The minimum Gasteiger partial charge on any atom is -0.494 e. The first kappa shape index (κ1) is 41.5. The van der Waals surface area contributed by atoms with Crippen molar-refractivity contribution in [1.29, 1.82) is 0 Å². The van der Waals surface area contributed by atoms with Crippen LogP contribution in [0.1, 0.15) is 123 Å². The third-order valence-electron chi connectivity index (χ3n) is 8.70. The van der Waals surface area contributed by atoms with E-state index in [1.54, 1.807) is 48.5 Å². The quantitative estimate of drug-likeness (QED) is 0.0291. The van der Waals surface area contributed by atoms with Crippen LogP contribution in [0.5, 0.6) is 23.0 Å². The van der Waals surface area contributed by atoms with Gasteiger partial charge in [-0.3, -0.25) is 9.98 Å². The van der Waals surface area contributed by atoms with E-state index in [-0.39, 0.29) is 0 Å². The van der Waals surface area contributed by atoms with Crippen LogP contribution in [-0.4, -0.2) is 50.7 Å². The first-order chi connectivity index (χ1) is 26.5. The SMILES string of the molecule is CCCCCCOc1ccc(C(=O)Oc2ccc(C=NCCCCCCN=Cc3ccc(OC(=O)c4ccc(OCCCCCC)cc4)cc3)cc2)cc1. The molecule has 0 saturated carbocycles. The minimum atomic E-state index is -0.400. The molecule has 0 aromatic heterocycles. The van der Waals surface area contributed by atoms with Gasteiger partial charge in [0.2, 0.25) is 0 Å². The lowest BCUT2D eigenvalue weighted by atomic mass is 10.2. The third kappa shape index (κ3) is 16.2. The number of esters is 2. The highest BCUT2D eigenvalue weighted by Gasteiger charge is 2.10. The summed E-state index contributed by atoms with van der Waals surface area (Å²) in [7, 11) is 0. The molecular weight excluding hydrogens is 677 g/mol. The Morgan fingerprint density at radius 1 is 0.444 bits per heavy atom. The van der Waals surface area contributed by atoms with Crippen molar-refractivity contribution < 1.29 is 28.5 Å². The molecule has 8 heteroatoms. The van der Waals surface area contributed by atoms with Gasteiger partial charge < -0.3 is 18.9 Å². The molecule has 0 heterocycles. The maximum atomic E-state index is 12.6. The van der Waals surface area contributed by atoms with Gasteiger partial charge in [-0.2, -0.15) is 0 Å². The Kier molecular flexibility index (Phi) is 19.1. The second kappa shape index (κ2) is 24.9. The molecule has 0 unspecified atom stereocenters. The molecule has 0 atom stereocenters. The molecule has 0 saturated heterocycles. The second-order valence-electron chi connectivity index (χ2n) is 13.3. The monoisotopic (exact) mass is 732 g/mol. The van der Waals surface area contributed by atoms with Gasteiger partial charge in [0.05, 0.1) is 24.3 Å². The lowest BCUT2D eigenvalue weighted by molar-refractivity contribution is 0.0725. The van der Waals surface area contributed by atoms with Gasteiger partial charge in [-0.1, -0.05) is 65.2 Å². The van der Waals surface area contributed by atoms with Gasteiger partial charge in [-0.15, -0.1) is 0 Å². The predicted octanol–water partition coefficient (Wildman–Crippen LogP) is 11.1. The van der Waals surface area contributed by atoms with Crippen molar-refractivity contribution in [2.75, 3.05) is 26.3 Å². The molecular formula is C46H56N2O6. The molecule has 286 valence electrons. The number of unbranched alkanes of at least 4 members (excludes halogenated alkanes) is 9. The standard InChI is InChI=1S/C46H56N2O6/c1-3-5-7-13-33-51-41-27-19-39(20-28-41)45(49)53-43-23-15-37(16-24-43)35-47-31-11-9-10-12-32-48-36-38-17-25-44(26-18-38)54-46(50)40-21-29-42(30-22-40)52-34-14-8-6-4-2/h15-30,35-36H,3-14,31-34H2,1-2H3. The van der Waals surface area contributed by atoms with Crippen molar-refractivity contribution in [2.24, 2.45) is 9.98 Å². The number of benzene rings is 4. The lowest BCUT2D eigenvalue weighted by Crippen LogP contribution is -2.08. The fraction of sp³-hybridized carbons (Fsp3) is 0.391. The maximum Gasteiger partial charge on any atom is 0.343 e. The van der Waals surface area contributed by atoms with Gasteiger partial charge >= 0.3 is 11.9 Å². The van der Waals surface area contributed by atoms with E-state index in [0.717, 1.165) is 74.2 Å². The number of aliphatic imine (C=N–C) groups is 2. The molecule has 0 aliphatic heterocycles. The largest absolute Gasteiger partial charge is 0.494 e. The average Bonchev–Trinajstić information content (AvgIpc) is 3.20. The van der Waals surface area contributed by atoms with Crippen LogP contribution in [-0.2, 0) is 0 Å². The molecule has 4 rings (SSSR count). The summed E-state index contributed by atoms with van der Waals surface area (Å²) in [6.45, 7) is 7.26. The van der Waals surface area contributed by atoms with E-state index in [0.29, 0.717) is 35.8 Å². The highest BCUT2D eigenvalue weighted by atomic mass is 16.5. The zero-order chi connectivity index (χ0) is 38.1. The summed E-state index contributed by atoms with van der Waals surface area (Å²) in [5.74, 6) is 1.70. The summed E-state index contributed by atoms with van der Waals surface area (Å²) in [5, 5.41) is 0. The smallest absolute Gasteiger partial charge is 0.343 e. The van der Waals surface area contributed by atoms with Crippen LogP contribution in [0.4, 0.5) is 0 Å². The number of nitrogens with zero attached hydrogens (tertiary/aromatic N) is 2. The van der Waals surface area contributed by atoms with Crippen molar-refractivity contribution >= 4 is 24.4 Å². The molecule has 54 heavy (non-hydrogen) atoms. The molecule has 0 N–H and O–H groups in total. The number of carbonyl (C=O) groups is 2. The van der Waals surface area contributed by atoms with Crippen LogP contribution in [0.2, 0.25) is 0 Å². The van der Waals surface area contributed by atoms with E-state index in [4.69, 9.17) is 18.9 Å². The molecule has 0 radical (unpaired) electrons. The fourth-order valence-corrected chi connectivity index (χ4v) is 5.49. The second-order valence-corrected chi connectivity index (χ2v) is 13.3. The van der Waals surface area contributed by atoms with Gasteiger partial charge in [0.25, 0.3) is 0 Å². The molecule has 0 aliphatic rings. The minimum absolute atomic E-state index is 0.400. The number of rotatable bonds is 25. The van der Waals surface area contributed by atoms with Crippen LogP contribution in [0, 0.1) is 0 Å². The van der Waals surface area contributed by atoms with Gasteiger partial charge in [0.1, 0.15) is 23.0 Å². The molecule has 4 aromatic carbocycles. The van der Waals surface area contributed by atoms with Crippen LogP contribution in [0.15, 0.2) is 107 Å². The zero-order valence-corrected chi connectivity index (χ0v) is 32.0. The topological polar surface area (TPSA) is 95.8 Å². The van der Waals surface area contributed by atoms with Crippen LogP contribution >= 0.6 is 0 Å². The number of hydrogen-bond donors (Lipinski definition) is 0. The van der Waals surface area contributed by atoms with E-state index in [9.17, 15) is 9.59 Å². The molecule has 0 bridgehead atoms. The average molecular weight is 733 g/mol. The van der Waals surface area contributed by atoms with E-state index >= 15 is 0 Å². The van der Waals surface area contributed by atoms with Crippen molar-refractivity contribution in [3.8, 4) is 23.0 Å².